The number of halogens is 2. The summed E-state index contributed by atoms with van der Waals surface area (Å²) >= 11 is 5.31. The second-order valence-corrected chi connectivity index (χ2v) is 7.10. The highest BCUT2D eigenvalue weighted by atomic mass is 127. The number of rotatable bonds is 5. The fourth-order valence-corrected chi connectivity index (χ4v) is 3.40. The van der Waals surface area contributed by atoms with Crippen molar-refractivity contribution in [2.24, 2.45) is 10.7 Å². The minimum absolute atomic E-state index is 0. The van der Waals surface area contributed by atoms with Crippen molar-refractivity contribution in [2.75, 3.05) is 37.7 Å². The van der Waals surface area contributed by atoms with Crippen molar-refractivity contribution < 1.29 is 4.79 Å². The Morgan fingerprint density at radius 3 is 2.83 bits per heavy atom. The van der Waals surface area contributed by atoms with Crippen LogP contribution in [-0.2, 0) is 0 Å². The molecule has 0 radical (unpaired) electrons. The molecule has 1 saturated heterocycles. The van der Waals surface area contributed by atoms with Gasteiger partial charge in [0, 0.05) is 47.7 Å². The lowest BCUT2D eigenvalue weighted by molar-refractivity contribution is 0.0953. The fourth-order valence-electron chi connectivity index (χ4n) is 2.10. The van der Waals surface area contributed by atoms with Crippen molar-refractivity contribution >= 4 is 63.5 Å². The molecule has 1 aliphatic rings. The number of guanidine groups is 1. The minimum atomic E-state index is -0.0636. The maximum Gasteiger partial charge on any atom is 0.251 e. The fraction of sp³-hybridized carbons (Fsp3) is 0.467. The molecule has 0 spiro atoms. The molecule has 128 valence electrons. The number of nitrogens with two attached hydrogens (primary N) is 1. The Morgan fingerprint density at radius 1 is 1.39 bits per heavy atom. The van der Waals surface area contributed by atoms with Crippen molar-refractivity contribution in [3.8, 4) is 0 Å². The molecule has 0 aliphatic carbocycles. The van der Waals surface area contributed by atoms with E-state index in [1.807, 2.05) is 23.9 Å². The van der Waals surface area contributed by atoms with Gasteiger partial charge < -0.3 is 16.0 Å². The predicted octanol–water partition coefficient (Wildman–Crippen LogP) is 2.55. The zero-order chi connectivity index (χ0) is 15.8. The lowest BCUT2D eigenvalue weighted by atomic mass is 10.2. The number of hydrogen-bond donors (Lipinski definition) is 2. The molecule has 1 aromatic carbocycles. The Labute approximate surface area is 167 Å². The van der Waals surface area contributed by atoms with Crippen molar-refractivity contribution in [3.05, 3.63) is 34.3 Å². The summed E-state index contributed by atoms with van der Waals surface area (Å²) in [5, 5.41) is 2.89. The second-order valence-electron chi connectivity index (χ2n) is 4.96. The Morgan fingerprint density at radius 2 is 2.13 bits per heavy atom. The molecule has 0 unspecified atom stereocenters. The van der Waals surface area contributed by atoms with E-state index in [0.29, 0.717) is 24.6 Å². The number of aliphatic imine (C=N–C) groups is 1. The lowest BCUT2D eigenvalue weighted by Gasteiger charge is -2.27. The van der Waals surface area contributed by atoms with Crippen LogP contribution in [0.1, 0.15) is 16.8 Å². The Balaban J connectivity index is 0.00000264. The zero-order valence-electron chi connectivity index (χ0n) is 12.8. The number of nitrogens with zero attached hydrogens (tertiary/aromatic N) is 2. The molecule has 5 nitrogen and oxygen atoms in total. The van der Waals surface area contributed by atoms with Gasteiger partial charge in [0.25, 0.3) is 5.91 Å². The van der Waals surface area contributed by atoms with Crippen LogP contribution in [0.3, 0.4) is 0 Å². The van der Waals surface area contributed by atoms with Crippen molar-refractivity contribution in [1.82, 2.24) is 10.2 Å². The van der Waals surface area contributed by atoms with Gasteiger partial charge in [-0.3, -0.25) is 9.79 Å². The van der Waals surface area contributed by atoms with Gasteiger partial charge >= 0.3 is 0 Å². The SMILES string of the molecule is I.NC(=NCCCNC(=O)c1cccc(Br)c1)N1CCSCC1. The molecular weight excluding hydrogens is 491 g/mol. The summed E-state index contributed by atoms with van der Waals surface area (Å²) in [5.41, 5.74) is 6.63. The standard InChI is InChI=1S/C15H21BrN4OS.HI/c16-13-4-1-3-12(11-13)14(21)18-5-2-6-19-15(17)20-7-9-22-10-8-20;/h1,3-4,11H,2,5-10H2,(H2,17,19)(H,18,21);1H. The van der Waals surface area contributed by atoms with Crippen LogP contribution >= 0.6 is 51.7 Å². The van der Waals surface area contributed by atoms with Crippen LogP contribution in [0.4, 0.5) is 0 Å². The van der Waals surface area contributed by atoms with E-state index < -0.39 is 0 Å². The van der Waals surface area contributed by atoms with E-state index in [-0.39, 0.29) is 29.9 Å². The van der Waals surface area contributed by atoms with E-state index in [9.17, 15) is 4.79 Å². The summed E-state index contributed by atoms with van der Waals surface area (Å²) in [6.45, 7) is 3.17. The average Bonchev–Trinajstić information content (AvgIpc) is 2.55. The van der Waals surface area contributed by atoms with Gasteiger partial charge in [0.2, 0.25) is 0 Å². The van der Waals surface area contributed by atoms with Crippen molar-refractivity contribution in [1.29, 1.82) is 0 Å². The van der Waals surface area contributed by atoms with E-state index in [1.165, 1.54) is 0 Å². The summed E-state index contributed by atoms with van der Waals surface area (Å²) in [4.78, 5) is 18.4. The number of thioether (sulfide) groups is 1. The number of hydrogen-bond acceptors (Lipinski definition) is 3. The van der Waals surface area contributed by atoms with Gasteiger partial charge in [-0.1, -0.05) is 22.0 Å². The van der Waals surface area contributed by atoms with Crippen molar-refractivity contribution in [2.45, 2.75) is 6.42 Å². The Bertz CT molecular complexity index is 538. The Kier molecular flexibility index (Phi) is 9.96. The molecular formula is C15H22BrIN4OS. The highest BCUT2D eigenvalue weighted by Crippen LogP contribution is 2.11. The first-order chi connectivity index (χ1) is 10.7. The van der Waals surface area contributed by atoms with E-state index in [1.54, 1.807) is 12.1 Å². The molecule has 3 N–H and O–H groups in total. The van der Waals surface area contributed by atoms with Crippen LogP contribution in [-0.4, -0.2) is 54.5 Å². The predicted molar refractivity (Wildman–Crippen MR) is 112 cm³/mol. The molecule has 1 fully saturated rings. The van der Waals surface area contributed by atoms with Crippen LogP contribution in [0.5, 0.6) is 0 Å². The van der Waals surface area contributed by atoms with Crippen LogP contribution < -0.4 is 11.1 Å². The summed E-state index contributed by atoms with van der Waals surface area (Å²) in [6, 6.07) is 7.35. The first kappa shape index (κ1) is 20.6. The monoisotopic (exact) mass is 512 g/mol. The molecule has 0 saturated carbocycles. The third kappa shape index (κ3) is 7.30. The van der Waals surface area contributed by atoms with E-state index in [4.69, 9.17) is 5.73 Å². The van der Waals surface area contributed by atoms with Gasteiger partial charge in [-0.25, -0.2) is 0 Å². The van der Waals surface area contributed by atoms with Gasteiger partial charge in [-0.05, 0) is 24.6 Å². The first-order valence-corrected chi connectivity index (χ1v) is 9.28. The molecule has 0 bridgehead atoms. The number of benzene rings is 1. The van der Waals surface area contributed by atoms with Gasteiger partial charge in [0.05, 0.1) is 0 Å². The highest BCUT2D eigenvalue weighted by Gasteiger charge is 2.11. The van der Waals surface area contributed by atoms with Gasteiger partial charge in [0.15, 0.2) is 5.96 Å². The van der Waals surface area contributed by atoms with Gasteiger partial charge in [-0.2, -0.15) is 11.8 Å². The van der Waals surface area contributed by atoms with Crippen LogP contribution in [0.2, 0.25) is 0 Å². The maximum atomic E-state index is 11.9. The molecule has 1 amide bonds. The quantitative estimate of drug-likeness (QED) is 0.275. The third-order valence-electron chi connectivity index (χ3n) is 3.32. The summed E-state index contributed by atoms with van der Waals surface area (Å²) in [6.07, 6.45) is 0.781. The lowest BCUT2D eigenvalue weighted by Crippen LogP contribution is -2.42. The number of amides is 1. The number of nitrogens with one attached hydrogen (secondary N) is 1. The number of carbonyl (C=O) groups excluding carboxylic acids is 1. The molecule has 1 heterocycles. The maximum absolute atomic E-state index is 11.9. The average molecular weight is 513 g/mol. The Hall–Kier alpha value is -0.480. The molecule has 0 atom stereocenters. The molecule has 2 rings (SSSR count). The molecule has 23 heavy (non-hydrogen) atoms. The topological polar surface area (TPSA) is 70.7 Å². The van der Waals surface area contributed by atoms with Gasteiger partial charge in [-0.15, -0.1) is 24.0 Å². The van der Waals surface area contributed by atoms with E-state index in [2.05, 4.69) is 31.1 Å². The summed E-state index contributed by atoms with van der Waals surface area (Å²) < 4.78 is 0.900. The molecule has 1 aliphatic heterocycles. The largest absolute Gasteiger partial charge is 0.370 e. The van der Waals surface area contributed by atoms with Crippen LogP contribution in [0, 0.1) is 0 Å². The van der Waals surface area contributed by atoms with Crippen LogP contribution in [0.25, 0.3) is 0 Å². The number of carbonyl (C=O) groups is 1. The third-order valence-corrected chi connectivity index (χ3v) is 4.75. The van der Waals surface area contributed by atoms with E-state index in [0.717, 1.165) is 35.5 Å². The summed E-state index contributed by atoms with van der Waals surface area (Å²) in [7, 11) is 0. The molecule has 1 aromatic rings. The minimum Gasteiger partial charge on any atom is -0.370 e. The smallest absolute Gasteiger partial charge is 0.251 e. The van der Waals surface area contributed by atoms with Gasteiger partial charge in [0.1, 0.15) is 0 Å². The zero-order valence-corrected chi connectivity index (χ0v) is 17.6. The second kappa shape index (κ2) is 11.1. The molecule has 0 aromatic heterocycles. The summed E-state index contributed by atoms with van der Waals surface area (Å²) in [5.74, 6) is 2.78. The highest BCUT2D eigenvalue weighted by molar-refractivity contribution is 14.0. The van der Waals surface area contributed by atoms with E-state index >= 15 is 0 Å². The normalized spacial score (nSPS) is 15.0. The first-order valence-electron chi connectivity index (χ1n) is 7.33. The molecule has 8 heteroatoms. The van der Waals surface area contributed by atoms with Crippen molar-refractivity contribution in [3.63, 3.8) is 0 Å². The van der Waals surface area contributed by atoms with Crippen LogP contribution in [0.15, 0.2) is 33.7 Å².